The first-order chi connectivity index (χ1) is 11.9. The Bertz CT molecular complexity index is 700. The molecule has 0 aliphatic heterocycles. The summed E-state index contributed by atoms with van der Waals surface area (Å²) in [7, 11) is 3.23. The second-order valence-corrected chi connectivity index (χ2v) is 6.71. The highest BCUT2D eigenvalue weighted by atomic mass is 16.5. The molecule has 0 heterocycles. The summed E-state index contributed by atoms with van der Waals surface area (Å²) in [4.78, 5) is 0. The van der Waals surface area contributed by atoms with Crippen molar-refractivity contribution < 1.29 is 19.7 Å². The zero-order valence-corrected chi connectivity index (χ0v) is 15.2. The summed E-state index contributed by atoms with van der Waals surface area (Å²) < 4.78 is 10.6. The van der Waals surface area contributed by atoms with Crippen molar-refractivity contribution >= 4 is 0 Å². The molecule has 5 heteroatoms. The van der Waals surface area contributed by atoms with Crippen molar-refractivity contribution in [1.82, 2.24) is 5.32 Å². The molecule has 0 aromatic heterocycles. The van der Waals surface area contributed by atoms with E-state index in [1.165, 1.54) is 0 Å². The third-order valence-electron chi connectivity index (χ3n) is 4.16. The van der Waals surface area contributed by atoms with Gasteiger partial charge in [-0.2, -0.15) is 0 Å². The van der Waals surface area contributed by atoms with Gasteiger partial charge in [0.25, 0.3) is 0 Å². The van der Waals surface area contributed by atoms with Gasteiger partial charge in [-0.15, -0.1) is 0 Å². The number of ether oxygens (including phenoxy) is 2. The van der Waals surface area contributed by atoms with Crippen LogP contribution in [0.2, 0.25) is 0 Å². The molecule has 25 heavy (non-hydrogen) atoms. The van der Waals surface area contributed by atoms with Crippen molar-refractivity contribution in [3.63, 3.8) is 0 Å². The van der Waals surface area contributed by atoms with Crippen LogP contribution in [0.25, 0.3) is 0 Å². The second kappa shape index (κ2) is 8.23. The molecule has 3 N–H and O–H groups in total. The molecule has 2 rings (SSSR count). The van der Waals surface area contributed by atoms with E-state index in [4.69, 9.17) is 9.47 Å². The Morgan fingerprint density at radius 3 is 2.36 bits per heavy atom. The molecule has 0 radical (unpaired) electrons. The zero-order chi connectivity index (χ0) is 18.4. The van der Waals surface area contributed by atoms with Gasteiger partial charge in [0.1, 0.15) is 5.75 Å². The third kappa shape index (κ3) is 5.11. The fourth-order valence-corrected chi connectivity index (χ4v) is 2.82. The quantitative estimate of drug-likeness (QED) is 0.686. The third-order valence-corrected chi connectivity index (χ3v) is 4.16. The zero-order valence-electron chi connectivity index (χ0n) is 15.2. The lowest BCUT2D eigenvalue weighted by molar-refractivity contribution is 0.157. The van der Waals surface area contributed by atoms with Crippen molar-refractivity contribution in [1.29, 1.82) is 0 Å². The Morgan fingerprint density at radius 1 is 1.04 bits per heavy atom. The molecule has 1 unspecified atom stereocenters. The normalized spacial score (nSPS) is 12.7. The van der Waals surface area contributed by atoms with Gasteiger partial charge in [-0.1, -0.05) is 24.3 Å². The number of hydrogen-bond acceptors (Lipinski definition) is 5. The molecule has 5 nitrogen and oxygen atoms in total. The maximum atomic E-state index is 10.3. The lowest BCUT2D eigenvalue weighted by Gasteiger charge is -2.28. The van der Waals surface area contributed by atoms with Crippen LogP contribution in [0, 0.1) is 0 Å². The number of nitrogens with one attached hydrogen (secondary N) is 1. The molecule has 0 fully saturated rings. The first-order valence-electron chi connectivity index (χ1n) is 8.28. The first kappa shape index (κ1) is 19.1. The van der Waals surface area contributed by atoms with Gasteiger partial charge in [0, 0.05) is 17.6 Å². The van der Waals surface area contributed by atoms with Crippen molar-refractivity contribution in [3.8, 4) is 17.2 Å². The van der Waals surface area contributed by atoms with Crippen LogP contribution in [0.5, 0.6) is 17.2 Å². The van der Waals surface area contributed by atoms with Crippen LogP contribution in [0.4, 0.5) is 0 Å². The summed E-state index contributed by atoms with van der Waals surface area (Å²) in [6.45, 7) is 4.49. The highest BCUT2D eigenvalue weighted by Crippen LogP contribution is 2.29. The lowest BCUT2D eigenvalue weighted by atomic mass is 9.94. The van der Waals surface area contributed by atoms with E-state index >= 15 is 0 Å². The minimum atomic E-state index is -0.772. The molecule has 0 spiro atoms. The molecule has 0 aliphatic carbocycles. The standard InChI is InChI=1S/C20H27NO4/c1-20(2,12-14-9-10-18(24-3)19(11-14)25-4)21-13-17(23)15-7-5-6-8-16(15)22/h5-11,17,21-23H,12-13H2,1-4H3. The Kier molecular flexibility index (Phi) is 6.28. The van der Waals surface area contributed by atoms with E-state index in [-0.39, 0.29) is 11.3 Å². The number of phenols is 1. The van der Waals surface area contributed by atoms with Gasteiger partial charge in [-0.05, 0) is 44.0 Å². The summed E-state index contributed by atoms with van der Waals surface area (Å²) in [5.41, 5.74) is 1.38. The van der Waals surface area contributed by atoms with Gasteiger partial charge in [-0.3, -0.25) is 0 Å². The van der Waals surface area contributed by atoms with Crippen molar-refractivity contribution in [2.24, 2.45) is 0 Å². The summed E-state index contributed by atoms with van der Waals surface area (Å²) in [6.07, 6.45) is -0.0215. The summed E-state index contributed by atoms with van der Waals surface area (Å²) in [6, 6.07) is 12.7. The molecule has 0 bridgehead atoms. The van der Waals surface area contributed by atoms with Gasteiger partial charge in [0.15, 0.2) is 11.5 Å². The maximum absolute atomic E-state index is 10.3. The maximum Gasteiger partial charge on any atom is 0.160 e. The van der Waals surface area contributed by atoms with Crippen LogP contribution < -0.4 is 14.8 Å². The average molecular weight is 345 g/mol. The lowest BCUT2D eigenvalue weighted by Crippen LogP contribution is -2.43. The van der Waals surface area contributed by atoms with Gasteiger partial charge < -0.3 is 25.0 Å². The number of aliphatic hydroxyl groups excluding tert-OH is 1. The Balaban J connectivity index is 2.01. The fourth-order valence-electron chi connectivity index (χ4n) is 2.82. The molecule has 2 aromatic carbocycles. The van der Waals surface area contributed by atoms with E-state index in [9.17, 15) is 10.2 Å². The number of aliphatic hydroxyl groups is 1. The highest BCUT2D eigenvalue weighted by molar-refractivity contribution is 5.43. The van der Waals surface area contributed by atoms with Crippen LogP contribution in [-0.2, 0) is 6.42 Å². The topological polar surface area (TPSA) is 71.0 Å². The number of phenolic OH excluding ortho intramolecular Hbond substituents is 1. The van der Waals surface area contributed by atoms with E-state index in [0.29, 0.717) is 23.6 Å². The molecule has 2 aromatic rings. The van der Waals surface area contributed by atoms with Crippen LogP contribution in [0.3, 0.4) is 0 Å². The first-order valence-corrected chi connectivity index (χ1v) is 8.28. The Morgan fingerprint density at radius 2 is 1.72 bits per heavy atom. The highest BCUT2D eigenvalue weighted by Gasteiger charge is 2.21. The molecule has 0 saturated heterocycles. The van der Waals surface area contributed by atoms with Crippen LogP contribution >= 0.6 is 0 Å². The van der Waals surface area contributed by atoms with Crippen molar-refractivity contribution in [2.45, 2.75) is 31.9 Å². The predicted octanol–water partition coefficient (Wildman–Crippen LogP) is 3.05. The largest absolute Gasteiger partial charge is 0.508 e. The number of rotatable bonds is 8. The van der Waals surface area contributed by atoms with Crippen LogP contribution in [-0.4, -0.2) is 36.5 Å². The van der Waals surface area contributed by atoms with E-state index in [1.54, 1.807) is 38.5 Å². The van der Waals surface area contributed by atoms with E-state index < -0.39 is 6.10 Å². The number of hydrogen-bond donors (Lipinski definition) is 3. The monoisotopic (exact) mass is 345 g/mol. The van der Waals surface area contributed by atoms with Gasteiger partial charge in [0.2, 0.25) is 0 Å². The second-order valence-electron chi connectivity index (χ2n) is 6.71. The summed E-state index contributed by atoms with van der Waals surface area (Å²) in [5.74, 6) is 1.51. The van der Waals surface area contributed by atoms with E-state index in [2.05, 4.69) is 19.2 Å². The van der Waals surface area contributed by atoms with Crippen molar-refractivity contribution in [3.05, 3.63) is 53.6 Å². The van der Waals surface area contributed by atoms with E-state index in [1.807, 2.05) is 18.2 Å². The molecule has 136 valence electrons. The summed E-state index contributed by atoms with van der Waals surface area (Å²) in [5, 5.41) is 23.5. The smallest absolute Gasteiger partial charge is 0.160 e. The minimum absolute atomic E-state index is 0.106. The molecule has 0 amide bonds. The van der Waals surface area contributed by atoms with Gasteiger partial charge in [0.05, 0.1) is 20.3 Å². The predicted molar refractivity (Wildman–Crippen MR) is 98.4 cm³/mol. The minimum Gasteiger partial charge on any atom is -0.508 e. The number of benzene rings is 2. The summed E-state index contributed by atoms with van der Waals surface area (Å²) >= 11 is 0. The number of para-hydroxylation sites is 1. The molecular weight excluding hydrogens is 318 g/mol. The molecule has 0 aliphatic rings. The number of β-amino-alcohol motifs (C(OH)–C–C–N with tert-alkyl or cyclic N) is 1. The fraction of sp³-hybridized carbons (Fsp3) is 0.400. The van der Waals surface area contributed by atoms with Crippen LogP contribution in [0.1, 0.15) is 31.1 Å². The number of aromatic hydroxyl groups is 1. The Hall–Kier alpha value is -2.24. The van der Waals surface area contributed by atoms with Gasteiger partial charge in [-0.25, -0.2) is 0 Å². The van der Waals surface area contributed by atoms with Gasteiger partial charge >= 0.3 is 0 Å². The van der Waals surface area contributed by atoms with Crippen molar-refractivity contribution in [2.75, 3.05) is 20.8 Å². The average Bonchev–Trinajstić information content (AvgIpc) is 2.59. The molecule has 0 saturated carbocycles. The number of methoxy groups -OCH3 is 2. The van der Waals surface area contributed by atoms with Crippen LogP contribution in [0.15, 0.2) is 42.5 Å². The Labute approximate surface area is 149 Å². The molecule has 1 atom stereocenters. The van der Waals surface area contributed by atoms with E-state index in [0.717, 1.165) is 12.0 Å². The SMILES string of the molecule is COc1ccc(CC(C)(C)NCC(O)c2ccccc2O)cc1OC. The molecular formula is C20H27NO4.